The van der Waals surface area contributed by atoms with Crippen LogP contribution >= 0.6 is 0 Å². The van der Waals surface area contributed by atoms with E-state index in [0.717, 1.165) is 40.6 Å². The molecule has 0 unspecified atom stereocenters. The summed E-state index contributed by atoms with van der Waals surface area (Å²) in [5, 5.41) is 16.8. The molecule has 9 heteroatoms. The second-order valence-corrected chi connectivity index (χ2v) is 8.04. The number of carbonyl (C=O) groups excluding carboxylic acids is 1. The second kappa shape index (κ2) is 7.66. The van der Waals surface area contributed by atoms with E-state index < -0.39 is 0 Å². The van der Waals surface area contributed by atoms with Crippen molar-refractivity contribution in [3.8, 4) is 17.1 Å². The predicted molar refractivity (Wildman–Crippen MR) is 118 cm³/mol. The van der Waals surface area contributed by atoms with E-state index in [2.05, 4.69) is 25.6 Å². The first-order chi connectivity index (χ1) is 15.0. The van der Waals surface area contributed by atoms with Crippen molar-refractivity contribution in [2.24, 2.45) is 11.8 Å². The zero-order valence-electron chi connectivity index (χ0n) is 17.2. The molecule has 5 N–H and O–H groups in total. The van der Waals surface area contributed by atoms with Gasteiger partial charge in [0.05, 0.1) is 5.69 Å². The van der Waals surface area contributed by atoms with Gasteiger partial charge in [-0.3, -0.25) is 4.79 Å². The summed E-state index contributed by atoms with van der Waals surface area (Å²) in [6, 6.07) is 3.73. The third-order valence-corrected chi connectivity index (χ3v) is 5.98. The molecule has 31 heavy (non-hydrogen) atoms. The van der Waals surface area contributed by atoms with Crippen LogP contribution in [-0.2, 0) is 4.79 Å². The third-order valence-electron chi connectivity index (χ3n) is 5.98. The van der Waals surface area contributed by atoms with Crippen molar-refractivity contribution in [3.63, 3.8) is 0 Å². The van der Waals surface area contributed by atoms with Crippen molar-refractivity contribution >= 4 is 34.0 Å². The Labute approximate surface area is 179 Å². The van der Waals surface area contributed by atoms with Crippen LogP contribution in [0.15, 0.2) is 24.5 Å². The van der Waals surface area contributed by atoms with Gasteiger partial charge < -0.3 is 26.2 Å². The first-order valence-electron chi connectivity index (χ1n) is 10.4. The topological polar surface area (TPSA) is 135 Å². The molecular weight excluding hydrogens is 396 g/mol. The minimum absolute atomic E-state index is 0.0540. The molecule has 1 aliphatic carbocycles. The Morgan fingerprint density at radius 1 is 1.35 bits per heavy atom. The molecule has 2 atom stereocenters. The first-order valence-corrected chi connectivity index (χ1v) is 10.4. The number of nitrogen functional groups attached to an aromatic ring is 1. The fourth-order valence-corrected chi connectivity index (χ4v) is 4.13. The third kappa shape index (κ3) is 3.61. The van der Waals surface area contributed by atoms with Crippen molar-refractivity contribution in [1.82, 2.24) is 15.0 Å². The molecule has 1 amide bonds. The summed E-state index contributed by atoms with van der Waals surface area (Å²) < 4.78 is 5.61. The van der Waals surface area contributed by atoms with Crippen LogP contribution in [0.3, 0.4) is 0 Å². The highest BCUT2D eigenvalue weighted by atomic mass is 16.5. The lowest BCUT2D eigenvalue weighted by Gasteiger charge is -2.21. The number of aromatic nitrogens is 3. The summed E-state index contributed by atoms with van der Waals surface area (Å²) >= 11 is 0. The number of ether oxygens (including phenoxy) is 1. The van der Waals surface area contributed by atoms with Gasteiger partial charge in [0.25, 0.3) is 0 Å². The number of nitrogens with zero attached hydrogens (tertiary/aromatic N) is 3. The minimum atomic E-state index is -0.0617. The van der Waals surface area contributed by atoms with Gasteiger partial charge in [-0.25, -0.2) is 15.0 Å². The van der Waals surface area contributed by atoms with E-state index in [1.807, 2.05) is 13.0 Å². The van der Waals surface area contributed by atoms with Crippen LogP contribution in [0.5, 0.6) is 5.88 Å². The number of aliphatic hydroxyl groups excluding tert-OH is 1. The van der Waals surface area contributed by atoms with E-state index in [9.17, 15) is 4.79 Å². The van der Waals surface area contributed by atoms with Gasteiger partial charge in [0, 0.05) is 42.4 Å². The number of hydrogen-bond donors (Lipinski definition) is 4. The number of rotatable bonds is 5. The fraction of sp³-hybridized carbons (Fsp3) is 0.364. The molecule has 1 fully saturated rings. The molecule has 2 aliphatic rings. The lowest BCUT2D eigenvalue weighted by atomic mass is 10.0. The molecular formula is C22H24N6O3. The van der Waals surface area contributed by atoms with Gasteiger partial charge in [-0.05, 0) is 48.8 Å². The first kappa shape index (κ1) is 19.5. The van der Waals surface area contributed by atoms with Crippen LogP contribution in [-0.4, -0.2) is 45.7 Å². The van der Waals surface area contributed by atoms with E-state index in [-0.39, 0.29) is 24.3 Å². The van der Waals surface area contributed by atoms with Crippen LogP contribution in [0.4, 0.5) is 17.3 Å². The summed E-state index contributed by atoms with van der Waals surface area (Å²) in [6.07, 6.45) is 4.84. The van der Waals surface area contributed by atoms with Gasteiger partial charge in [0.15, 0.2) is 0 Å². The molecule has 4 heterocycles. The average molecular weight is 420 g/mol. The van der Waals surface area contributed by atoms with E-state index in [1.165, 1.54) is 0 Å². The summed E-state index contributed by atoms with van der Waals surface area (Å²) in [6.45, 7) is 3.41. The zero-order valence-corrected chi connectivity index (χ0v) is 17.2. The molecule has 3 aromatic rings. The van der Waals surface area contributed by atoms with Gasteiger partial charge in [0.1, 0.15) is 23.9 Å². The molecule has 0 saturated heterocycles. The highest BCUT2D eigenvalue weighted by Gasteiger charge is 2.42. The standard InChI is InChI=1S/C22H24N6O3/c1-11-15(9-26-22-19(11)24-3-5-31-22)17-7-13-8-18(25-10-16(13)20(23)27-17)28-21(30)14-6-12(14)2-4-29/h7-10,12,14,24,29H,2-6H2,1H3,(H2,23,27)(H,25,28,30)/t12-,14+/m0/s1. The van der Waals surface area contributed by atoms with Crippen LogP contribution in [0.1, 0.15) is 18.4 Å². The molecule has 0 spiro atoms. The van der Waals surface area contributed by atoms with Gasteiger partial charge in [-0.1, -0.05) is 0 Å². The summed E-state index contributed by atoms with van der Waals surface area (Å²) in [5.41, 5.74) is 9.63. The molecule has 1 saturated carbocycles. The number of amides is 1. The van der Waals surface area contributed by atoms with Crippen LogP contribution in [0.2, 0.25) is 0 Å². The lowest BCUT2D eigenvalue weighted by Crippen LogP contribution is -2.20. The Morgan fingerprint density at radius 2 is 2.23 bits per heavy atom. The van der Waals surface area contributed by atoms with E-state index in [1.54, 1.807) is 18.5 Å². The minimum Gasteiger partial charge on any atom is -0.474 e. The molecule has 0 radical (unpaired) electrons. The maximum absolute atomic E-state index is 12.4. The SMILES string of the molecule is Cc1c(-c2cc3cc(NC(=O)[C@@H]4C[C@@H]4CCO)ncc3c(N)n2)cnc2c1NCCO2. The number of fused-ring (bicyclic) bond motifs is 2. The quantitative estimate of drug-likeness (QED) is 0.494. The van der Waals surface area contributed by atoms with E-state index in [0.29, 0.717) is 36.2 Å². The Kier molecular flexibility index (Phi) is 4.82. The average Bonchev–Trinajstić information content (AvgIpc) is 3.54. The molecule has 160 valence electrons. The Hall–Kier alpha value is -3.46. The molecule has 0 bridgehead atoms. The van der Waals surface area contributed by atoms with Crippen LogP contribution < -0.4 is 21.1 Å². The smallest absolute Gasteiger partial charge is 0.237 e. The van der Waals surface area contributed by atoms with Crippen molar-refractivity contribution in [3.05, 3.63) is 30.1 Å². The monoisotopic (exact) mass is 420 g/mol. The Bertz CT molecular complexity index is 1180. The second-order valence-electron chi connectivity index (χ2n) is 8.04. The highest BCUT2D eigenvalue weighted by Crippen LogP contribution is 2.42. The maximum Gasteiger partial charge on any atom is 0.237 e. The summed E-state index contributed by atoms with van der Waals surface area (Å²) in [4.78, 5) is 25.7. The largest absolute Gasteiger partial charge is 0.474 e. The zero-order chi connectivity index (χ0) is 21.5. The molecule has 1 aliphatic heterocycles. The number of aliphatic hydroxyl groups is 1. The van der Waals surface area contributed by atoms with E-state index >= 15 is 0 Å². The van der Waals surface area contributed by atoms with Crippen LogP contribution in [0, 0.1) is 18.8 Å². The van der Waals surface area contributed by atoms with Crippen molar-refractivity contribution in [1.29, 1.82) is 0 Å². The number of hydrogen-bond acceptors (Lipinski definition) is 8. The number of pyridine rings is 3. The predicted octanol–water partition coefficient (Wildman–Crippen LogP) is 2.34. The van der Waals surface area contributed by atoms with Gasteiger partial charge in [-0.15, -0.1) is 0 Å². The van der Waals surface area contributed by atoms with Crippen LogP contribution in [0.25, 0.3) is 22.0 Å². The van der Waals surface area contributed by atoms with Crippen molar-refractivity contribution in [2.45, 2.75) is 19.8 Å². The normalized spacial score (nSPS) is 19.3. The lowest BCUT2D eigenvalue weighted by molar-refractivity contribution is -0.117. The summed E-state index contributed by atoms with van der Waals surface area (Å²) in [7, 11) is 0. The van der Waals surface area contributed by atoms with E-state index in [4.69, 9.17) is 15.6 Å². The number of anilines is 3. The van der Waals surface area contributed by atoms with Crippen molar-refractivity contribution in [2.75, 3.05) is 36.1 Å². The Morgan fingerprint density at radius 3 is 3.06 bits per heavy atom. The van der Waals surface area contributed by atoms with Crippen molar-refractivity contribution < 1.29 is 14.6 Å². The van der Waals surface area contributed by atoms with Gasteiger partial charge in [0.2, 0.25) is 11.8 Å². The highest BCUT2D eigenvalue weighted by molar-refractivity contribution is 5.98. The van der Waals surface area contributed by atoms with Gasteiger partial charge in [-0.2, -0.15) is 0 Å². The Balaban J connectivity index is 1.46. The summed E-state index contributed by atoms with van der Waals surface area (Å²) in [5.74, 6) is 1.57. The number of nitrogens with one attached hydrogen (secondary N) is 2. The molecule has 5 rings (SSSR count). The van der Waals surface area contributed by atoms with Gasteiger partial charge >= 0.3 is 0 Å². The number of nitrogens with two attached hydrogens (primary N) is 1. The fourth-order valence-electron chi connectivity index (χ4n) is 4.13. The molecule has 3 aromatic heterocycles. The molecule has 9 nitrogen and oxygen atoms in total. The molecule has 0 aromatic carbocycles. The maximum atomic E-state index is 12.4. The number of carbonyl (C=O) groups is 1.